The van der Waals surface area contributed by atoms with Crippen LogP contribution < -0.4 is 68.5 Å². The van der Waals surface area contributed by atoms with Crippen molar-refractivity contribution >= 4 is 0 Å². The first-order valence-electron chi connectivity index (χ1n) is 1.71. The van der Waals surface area contributed by atoms with Crippen molar-refractivity contribution in [3.63, 3.8) is 0 Å². The minimum atomic E-state index is -0.954. The number of hydrogen-bond donors (Lipinski definition) is 3. The number of hydrogen-bond acceptors (Lipinski definition) is 3. The largest absolute Gasteiger partial charge is 1.00 e. The molecule has 0 spiro atoms. The van der Waals surface area contributed by atoms with Crippen molar-refractivity contribution in [1.29, 1.82) is 0 Å². The Hall–Kier alpha value is 1.74. The van der Waals surface area contributed by atoms with E-state index in [2.05, 4.69) is 0 Å². The number of aliphatic hydroxyl groups is 3. The quantitative estimate of drug-likeness (QED) is 0.366. The van der Waals surface area contributed by atoms with E-state index in [1.807, 2.05) is 0 Å². The molecule has 0 aliphatic carbocycles. The SMILES string of the molecule is OCC(O)CO.[F-].[F-].[Na+].[Na+]. The number of halogens is 2. The summed E-state index contributed by atoms with van der Waals surface area (Å²) in [5, 5.41) is 24.0. The monoisotopic (exact) mass is 176 g/mol. The molecular weight excluding hydrogens is 168 g/mol. The van der Waals surface area contributed by atoms with Crippen molar-refractivity contribution in [2.45, 2.75) is 6.10 Å². The zero-order valence-corrected chi connectivity index (χ0v) is 10.1. The molecule has 0 aliphatic heterocycles. The Morgan fingerprint density at radius 3 is 1.10 bits per heavy atom. The van der Waals surface area contributed by atoms with E-state index in [4.69, 9.17) is 15.3 Å². The van der Waals surface area contributed by atoms with Gasteiger partial charge in [0.2, 0.25) is 0 Å². The van der Waals surface area contributed by atoms with Gasteiger partial charge in [-0.15, -0.1) is 0 Å². The molecule has 0 aliphatic rings. The van der Waals surface area contributed by atoms with Crippen LogP contribution in [0.25, 0.3) is 0 Å². The summed E-state index contributed by atoms with van der Waals surface area (Å²) in [7, 11) is 0. The molecular formula is C3H8F2Na2O3. The molecule has 0 saturated heterocycles. The molecule has 0 atom stereocenters. The first kappa shape index (κ1) is 29.8. The molecule has 0 unspecified atom stereocenters. The van der Waals surface area contributed by atoms with Gasteiger partial charge in [-0.3, -0.25) is 0 Å². The second kappa shape index (κ2) is 22.4. The minimum absolute atomic E-state index is 0. The normalized spacial score (nSPS) is 6.00. The van der Waals surface area contributed by atoms with Gasteiger partial charge in [-0.05, 0) is 0 Å². The van der Waals surface area contributed by atoms with Crippen LogP contribution in [0.4, 0.5) is 0 Å². The molecule has 0 fully saturated rings. The maximum absolute atomic E-state index is 8.17. The zero-order chi connectivity index (χ0) is 4.99. The van der Waals surface area contributed by atoms with Gasteiger partial charge in [-0.1, -0.05) is 0 Å². The van der Waals surface area contributed by atoms with Gasteiger partial charge in [-0.25, -0.2) is 0 Å². The molecule has 0 heterocycles. The molecule has 0 saturated carbocycles. The summed E-state index contributed by atoms with van der Waals surface area (Å²) in [6.07, 6.45) is -0.954. The van der Waals surface area contributed by atoms with Crippen LogP contribution in [0.15, 0.2) is 0 Å². The van der Waals surface area contributed by atoms with Crippen molar-refractivity contribution in [2.75, 3.05) is 13.2 Å². The van der Waals surface area contributed by atoms with Crippen LogP contribution in [-0.4, -0.2) is 34.6 Å². The van der Waals surface area contributed by atoms with Gasteiger partial charge in [-0.2, -0.15) is 0 Å². The van der Waals surface area contributed by atoms with Gasteiger partial charge in [0, 0.05) is 0 Å². The topological polar surface area (TPSA) is 60.7 Å². The van der Waals surface area contributed by atoms with Crippen molar-refractivity contribution in [3.05, 3.63) is 0 Å². The predicted octanol–water partition coefficient (Wildman–Crippen LogP) is -13.7. The summed E-state index contributed by atoms with van der Waals surface area (Å²) in [6, 6.07) is 0. The van der Waals surface area contributed by atoms with Crippen LogP contribution in [-0.2, 0) is 0 Å². The van der Waals surface area contributed by atoms with Crippen LogP contribution in [0.2, 0.25) is 0 Å². The van der Waals surface area contributed by atoms with Gasteiger partial charge in [0.25, 0.3) is 0 Å². The van der Waals surface area contributed by atoms with Crippen molar-refractivity contribution in [3.8, 4) is 0 Å². The van der Waals surface area contributed by atoms with Crippen LogP contribution >= 0.6 is 0 Å². The second-order valence-electron chi connectivity index (χ2n) is 1.02. The first-order valence-corrected chi connectivity index (χ1v) is 1.71. The zero-order valence-electron chi connectivity index (χ0n) is 6.09. The summed E-state index contributed by atoms with van der Waals surface area (Å²) < 4.78 is 0. The molecule has 0 rings (SSSR count). The number of rotatable bonds is 2. The van der Waals surface area contributed by atoms with Crippen molar-refractivity contribution < 1.29 is 83.8 Å². The second-order valence-corrected chi connectivity index (χ2v) is 1.02. The van der Waals surface area contributed by atoms with Gasteiger partial charge < -0.3 is 24.7 Å². The molecule has 0 bridgehead atoms. The van der Waals surface area contributed by atoms with Crippen LogP contribution in [0, 0.1) is 0 Å². The summed E-state index contributed by atoms with van der Waals surface area (Å²) in [5.74, 6) is 0. The maximum Gasteiger partial charge on any atom is 1.00 e. The molecule has 54 valence electrons. The van der Waals surface area contributed by atoms with E-state index in [-0.39, 0.29) is 81.7 Å². The molecule has 0 aromatic heterocycles. The van der Waals surface area contributed by atoms with Crippen molar-refractivity contribution in [2.24, 2.45) is 0 Å². The third kappa shape index (κ3) is 22.6. The Balaban J connectivity index is -0.0000000208. The van der Waals surface area contributed by atoms with Gasteiger partial charge >= 0.3 is 59.1 Å². The Bertz CT molecular complexity index is 38.9. The molecule has 7 heteroatoms. The predicted molar refractivity (Wildman–Crippen MR) is 20.2 cm³/mol. The molecule has 3 N–H and O–H groups in total. The van der Waals surface area contributed by atoms with E-state index >= 15 is 0 Å². The first-order chi connectivity index (χ1) is 2.81. The van der Waals surface area contributed by atoms with Gasteiger partial charge in [0.1, 0.15) is 6.10 Å². The number of aliphatic hydroxyl groups excluding tert-OH is 3. The van der Waals surface area contributed by atoms with Gasteiger partial charge in [0.15, 0.2) is 0 Å². The summed E-state index contributed by atoms with van der Waals surface area (Å²) in [4.78, 5) is 0. The Labute approximate surface area is 102 Å². The fourth-order valence-electron chi connectivity index (χ4n) is 0.0577. The molecule has 3 nitrogen and oxygen atoms in total. The molecule has 0 radical (unpaired) electrons. The maximum atomic E-state index is 8.17. The third-order valence-corrected chi connectivity index (χ3v) is 0.421. The molecule has 0 amide bonds. The summed E-state index contributed by atoms with van der Waals surface area (Å²) in [5.41, 5.74) is 0. The van der Waals surface area contributed by atoms with E-state index < -0.39 is 6.10 Å². The fourth-order valence-corrected chi connectivity index (χ4v) is 0.0577. The van der Waals surface area contributed by atoms with Crippen molar-refractivity contribution in [1.82, 2.24) is 0 Å². The minimum Gasteiger partial charge on any atom is -1.00 e. The average molecular weight is 176 g/mol. The van der Waals surface area contributed by atoms with E-state index in [1.54, 1.807) is 0 Å². The smallest absolute Gasteiger partial charge is 1.00 e. The standard InChI is InChI=1S/C3H8O3.2FH.2Na/c4-1-3(6)2-5;;;;/h3-6H,1-2H2;2*1H;;/q;;;2*+1/p-2. The Morgan fingerprint density at radius 1 is 0.900 bits per heavy atom. The van der Waals surface area contributed by atoms with E-state index in [9.17, 15) is 0 Å². The summed E-state index contributed by atoms with van der Waals surface area (Å²) >= 11 is 0. The Kier molecular flexibility index (Phi) is 66.9. The fraction of sp³-hybridized carbons (Fsp3) is 1.00. The molecule has 0 aromatic carbocycles. The third-order valence-electron chi connectivity index (χ3n) is 0.421. The average Bonchev–Trinajstić information content (AvgIpc) is 1.65. The summed E-state index contributed by atoms with van der Waals surface area (Å²) in [6.45, 7) is -0.729. The van der Waals surface area contributed by atoms with Gasteiger partial charge in [0.05, 0.1) is 13.2 Å². The molecule has 10 heavy (non-hydrogen) atoms. The van der Waals surface area contributed by atoms with Crippen LogP contribution in [0.1, 0.15) is 0 Å². The molecule has 0 aromatic rings. The van der Waals surface area contributed by atoms with E-state index in [0.29, 0.717) is 0 Å². The van der Waals surface area contributed by atoms with Crippen LogP contribution in [0.5, 0.6) is 0 Å². The Morgan fingerprint density at radius 2 is 1.10 bits per heavy atom. The van der Waals surface area contributed by atoms with E-state index in [0.717, 1.165) is 0 Å². The van der Waals surface area contributed by atoms with Crippen LogP contribution in [0.3, 0.4) is 0 Å². The van der Waals surface area contributed by atoms with E-state index in [1.165, 1.54) is 0 Å².